The van der Waals surface area contributed by atoms with Crippen molar-refractivity contribution < 1.29 is 9.53 Å². The van der Waals surface area contributed by atoms with Gasteiger partial charge in [0.05, 0.1) is 6.61 Å². The van der Waals surface area contributed by atoms with Crippen molar-refractivity contribution in [2.45, 2.75) is 39.7 Å². The largest absolute Gasteiger partial charge is 0.383 e. The van der Waals surface area contributed by atoms with Crippen LogP contribution in [0.3, 0.4) is 0 Å². The van der Waals surface area contributed by atoms with E-state index < -0.39 is 0 Å². The Morgan fingerprint density at radius 1 is 1.38 bits per heavy atom. The summed E-state index contributed by atoms with van der Waals surface area (Å²) in [7, 11) is 3.74. The van der Waals surface area contributed by atoms with E-state index in [9.17, 15) is 4.79 Å². The van der Waals surface area contributed by atoms with Crippen LogP contribution in [0.1, 0.15) is 33.6 Å². The maximum absolute atomic E-state index is 12.5. The monoisotopic (exact) mass is 299 g/mol. The summed E-state index contributed by atoms with van der Waals surface area (Å²) in [5.74, 6) is 0.613. The van der Waals surface area contributed by atoms with Crippen molar-refractivity contribution in [2.24, 2.45) is 23.0 Å². The molecular formula is C16H33N3O2. The third kappa shape index (κ3) is 4.94. The van der Waals surface area contributed by atoms with E-state index in [1.165, 1.54) is 0 Å². The van der Waals surface area contributed by atoms with Gasteiger partial charge in [0.2, 0.25) is 5.91 Å². The summed E-state index contributed by atoms with van der Waals surface area (Å²) < 4.78 is 5.04. The molecule has 3 N–H and O–H groups in total. The van der Waals surface area contributed by atoms with Crippen molar-refractivity contribution in [1.29, 1.82) is 0 Å². The number of ether oxygens (including phenoxy) is 1. The predicted molar refractivity (Wildman–Crippen MR) is 86.0 cm³/mol. The Balaban J connectivity index is 2.41. The standard InChI is InChI=1S/C16H33N3O2/c1-12-14(17)7-6-13(16(12,2)3)15(20)18-8-9-19(4)10-11-21-5/h12-14H,6-11,17H2,1-5H3,(H,18,20). The molecule has 21 heavy (non-hydrogen) atoms. The third-order valence-electron chi connectivity index (χ3n) is 5.29. The average Bonchev–Trinajstić information content (AvgIpc) is 2.42. The highest BCUT2D eigenvalue weighted by Crippen LogP contribution is 2.44. The Hall–Kier alpha value is -0.650. The van der Waals surface area contributed by atoms with E-state index in [2.05, 4.69) is 31.0 Å². The lowest BCUT2D eigenvalue weighted by Crippen LogP contribution is -2.52. The maximum atomic E-state index is 12.5. The van der Waals surface area contributed by atoms with Crippen LogP contribution in [0, 0.1) is 17.3 Å². The predicted octanol–water partition coefficient (Wildman–Crippen LogP) is 1.08. The second-order valence-corrected chi connectivity index (χ2v) is 6.99. The minimum atomic E-state index is -0.0380. The van der Waals surface area contributed by atoms with Crippen molar-refractivity contribution >= 4 is 5.91 Å². The third-order valence-corrected chi connectivity index (χ3v) is 5.29. The first-order valence-corrected chi connectivity index (χ1v) is 8.01. The Bertz CT molecular complexity index is 333. The molecule has 0 heterocycles. The second kappa shape index (κ2) is 8.11. The zero-order chi connectivity index (χ0) is 16.0. The summed E-state index contributed by atoms with van der Waals surface area (Å²) in [6.07, 6.45) is 1.83. The Morgan fingerprint density at radius 2 is 2.05 bits per heavy atom. The fourth-order valence-corrected chi connectivity index (χ4v) is 3.17. The highest BCUT2D eigenvalue weighted by Gasteiger charge is 2.44. The number of methoxy groups -OCH3 is 1. The topological polar surface area (TPSA) is 67.6 Å². The van der Waals surface area contributed by atoms with E-state index in [0.29, 0.717) is 12.5 Å². The average molecular weight is 299 g/mol. The molecule has 1 rings (SSSR count). The van der Waals surface area contributed by atoms with Crippen molar-refractivity contribution in [3.63, 3.8) is 0 Å². The summed E-state index contributed by atoms with van der Waals surface area (Å²) in [6, 6.07) is 0.212. The minimum Gasteiger partial charge on any atom is -0.383 e. The molecular weight excluding hydrogens is 266 g/mol. The quantitative estimate of drug-likeness (QED) is 0.738. The fourth-order valence-electron chi connectivity index (χ4n) is 3.17. The summed E-state index contributed by atoms with van der Waals surface area (Å²) >= 11 is 0. The van der Waals surface area contributed by atoms with Crippen LogP contribution in [0.4, 0.5) is 0 Å². The number of amides is 1. The van der Waals surface area contributed by atoms with Crippen LogP contribution in [0.5, 0.6) is 0 Å². The molecule has 0 spiro atoms. The number of hydrogen-bond donors (Lipinski definition) is 2. The van der Waals surface area contributed by atoms with Gasteiger partial charge in [-0.3, -0.25) is 4.79 Å². The molecule has 0 aliphatic heterocycles. The van der Waals surface area contributed by atoms with Gasteiger partial charge in [-0.25, -0.2) is 0 Å². The first-order valence-electron chi connectivity index (χ1n) is 8.01. The molecule has 3 atom stereocenters. The zero-order valence-corrected chi connectivity index (χ0v) is 14.3. The molecule has 0 aromatic heterocycles. The van der Waals surface area contributed by atoms with Gasteiger partial charge in [-0.2, -0.15) is 0 Å². The number of nitrogens with zero attached hydrogens (tertiary/aromatic N) is 1. The summed E-state index contributed by atoms with van der Waals surface area (Å²) in [4.78, 5) is 14.6. The number of likely N-dealkylation sites (N-methyl/N-ethyl adjacent to an activating group) is 1. The molecule has 1 saturated carbocycles. The van der Waals surface area contributed by atoms with Gasteiger partial charge in [0.1, 0.15) is 0 Å². The van der Waals surface area contributed by atoms with Gasteiger partial charge in [-0.15, -0.1) is 0 Å². The number of carbonyl (C=O) groups is 1. The number of rotatable bonds is 7. The molecule has 0 radical (unpaired) electrons. The molecule has 5 heteroatoms. The van der Waals surface area contributed by atoms with Crippen LogP contribution in [0.2, 0.25) is 0 Å². The number of nitrogens with one attached hydrogen (secondary N) is 1. The normalized spacial score (nSPS) is 28.6. The van der Waals surface area contributed by atoms with E-state index in [0.717, 1.165) is 32.5 Å². The van der Waals surface area contributed by atoms with Crippen molar-refractivity contribution in [1.82, 2.24) is 10.2 Å². The first kappa shape index (κ1) is 18.4. The second-order valence-electron chi connectivity index (χ2n) is 6.99. The van der Waals surface area contributed by atoms with Crippen LogP contribution >= 0.6 is 0 Å². The van der Waals surface area contributed by atoms with E-state index >= 15 is 0 Å². The van der Waals surface area contributed by atoms with Gasteiger partial charge in [0, 0.05) is 38.7 Å². The molecule has 5 nitrogen and oxygen atoms in total. The molecule has 124 valence electrons. The van der Waals surface area contributed by atoms with Gasteiger partial charge in [-0.05, 0) is 31.2 Å². The van der Waals surface area contributed by atoms with Crippen LogP contribution in [0.15, 0.2) is 0 Å². The number of carbonyl (C=O) groups excluding carboxylic acids is 1. The molecule has 3 unspecified atom stereocenters. The lowest BCUT2D eigenvalue weighted by atomic mass is 9.61. The summed E-state index contributed by atoms with van der Waals surface area (Å²) in [5.41, 5.74) is 6.11. The van der Waals surface area contributed by atoms with Crippen LogP contribution < -0.4 is 11.1 Å². The molecule has 0 bridgehead atoms. The molecule has 0 aromatic rings. The molecule has 1 aliphatic rings. The van der Waals surface area contributed by atoms with Crippen molar-refractivity contribution in [3.8, 4) is 0 Å². The smallest absolute Gasteiger partial charge is 0.223 e. The zero-order valence-electron chi connectivity index (χ0n) is 14.3. The van der Waals surface area contributed by atoms with Crippen LogP contribution in [-0.2, 0) is 9.53 Å². The van der Waals surface area contributed by atoms with E-state index in [1.807, 2.05) is 7.05 Å². The SMILES string of the molecule is COCCN(C)CCNC(=O)C1CCC(N)C(C)C1(C)C. The van der Waals surface area contributed by atoms with E-state index in [-0.39, 0.29) is 23.3 Å². The van der Waals surface area contributed by atoms with Crippen LogP contribution in [-0.4, -0.2) is 57.2 Å². The van der Waals surface area contributed by atoms with Crippen LogP contribution in [0.25, 0.3) is 0 Å². The van der Waals surface area contributed by atoms with Gasteiger partial charge in [0.25, 0.3) is 0 Å². The van der Waals surface area contributed by atoms with E-state index in [4.69, 9.17) is 10.5 Å². The Morgan fingerprint density at radius 3 is 2.67 bits per heavy atom. The van der Waals surface area contributed by atoms with Gasteiger partial charge >= 0.3 is 0 Å². The molecule has 0 aromatic carbocycles. The van der Waals surface area contributed by atoms with E-state index in [1.54, 1.807) is 7.11 Å². The summed E-state index contributed by atoms with van der Waals surface area (Å²) in [5, 5.41) is 3.09. The lowest BCUT2D eigenvalue weighted by Gasteiger charge is -2.46. The fraction of sp³-hybridized carbons (Fsp3) is 0.938. The number of hydrogen-bond acceptors (Lipinski definition) is 4. The Kier molecular flexibility index (Phi) is 7.10. The van der Waals surface area contributed by atoms with Gasteiger partial charge in [-0.1, -0.05) is 20.8 Å². The van der Waals surface area contributed by atoms with Gasteiger partial charge in [0.15, 0.2) is 0 Å². The molecule has 1 aliphatic carbocycles. The van der Waals surface area contributed by atoms with Crippen molar-refractivity contribution in [3.05, 3.63) is 0 Å². The highest BCUT2D eigenvalue weighted by atomic mass is 16.5. The maximum Gasteiger partial charge on any atom is 0.223 e. The summed E-state index contributed by atoms with van der Waals surface area (Å²) in [6.45, 7) is 9.64. The van der Waals surface area contributed by atoms with Crippen molar-refractivity contribution in [2.75, 3.05) is 40.4 Å². The first-order chi connectivity index (χ1) is 9.80. The van der Waals surface area contributed by atoms with Gasteiger partial charge < -0.3 is 20.7 Å². The minimum absolute atomic E-state index is 0.0380. The molecule has 0 saturated heterocycles. The lowest BCUT2D eigenvalue weighted by molar-refractivity contribution is -0.132. The Labute approximate surface area is 129 Å². The number of nitrogens with two attached hydrogens (primary N) is 1. The molecule has 1 fully saturated rings. The molecule has 1 amide bonds. The highest BCUT2D eigenvalue weighted by molar-refractivity contribution is 5.79.